The number of hydrogen-bond acceptors (Lipinski definition) is 2. The Balaban J connectivity index is 2.03. The van der Waals surface area contributed by atoms with Crippen LogP contribution in [0.3, 0.4) is 0 Å². The summed E-state index contributed by atoms with van der Waals surface area (Å²) in [5.41, 5.74) is 6.96. The average Bonchev–Trinajstić information content (AvgIpc) is 2.39. The molecule has 0 spiro atoms. The summed E-state index contributed by atoms with van der Waals surface area (Å²) in [5.74, 6) is 3.88. The number of aliphatic imine (C=N–C) groups is 1. The molecule has 1 aliphatic heterocycles. The maximum absolute atomic E-state index is 5.83. The van der Waals surface area contributed by atoms with E-state index in [1.807, 2.05) is 24.3 Å². The number of hydrogen-bond donors (Lipinski definition) is 2. The first-order valence-corrected chi connectivity index (χ1v) is 6.03. The summed E-state index contributed by atoms with van der Waals surface area (Å²) in [4.78, 5) is 4.18. The molecule has 0 radical (unpaired) electrons. The lowest BCUT2D eigenvalue weighted by molar-refractivity contribution is 0.262. The predicted octanol–water partition coefficient (Wildman–Crippen LogP) is 1.44. The fraction of sp³-hybridized carbons (Fsp3) is 0.357. The van der Waals surface area contributed by atoms with Crippen LogP contribution in [0.4, 0.5) is 0 Å². The first-order valence-electron chi connectivity index (χ1n) is 6.03. The molecule has 1 aromatic carbocycles. The second-order valence-corrected chi connectivity index (χ2v) is 4.09. The number of rotatable bonds is 3. The van der Waals surface area contributed by atoms with E-state index >= 15 is 0 Å². The number of nitrogens with one attached hydrogen (secondary N) is 1. The van der Waals surface area contributed by atoms with Gasteiger partial charge < -0.3 is 15.8 Å². The number of nitrogens with zero attached hydrogens (tertiary/aromatic N) is 1. The third-order valence-electron chi connectivity index (χ3n) is 2.82. The standard InChI is InChI=1S/C14H17N3O/c1-2-3-9-16-14(15)17-12-8-10-18-13-7-5-4-6-11(12)13/h1,4-7,12H,3,8-10H2,(H3,15,16,17). The zero-order chi connectivity index (χ0) is 12.8. The molecular formula is C14H17N3O. The van der Waals surface area contributed by atoms with Crippen molar-refractivity contribution >= 4 is 5.96 Å². The van der Waals surface area contributed by atoms with Crippen molar-refractivity contribution in [3.8, 4) is 18.1 Å². The van der Waals surface area contributed by atoms with Crippen LogP contribution < -0.4 is 15.8 Å². The van der Waals surface area contributed by atoms with Gasteiger partial charge in [-0.1, -0.05) is 18.2 Å². The molecule has 1 atom stereocenters. The Labute approximate surface area is 107 Å². The second-order valence-electron chi connectivity index (χ2n) is 4.09. The zero-order valence-electron chi connectivity index (χ0n) is 10.2. The van der Waals surface area contributed by atoms with Crippen molar-refractivity contribution in [1.82, 2.24) is 5.32 Å². The first kappa shape index (κ1) is 12.3. The van der Waals surface area contributed by atoms with Gasteiger partial charge in [-0.15, -0.1) is 12.3 Å². The molecule has 0 amide bonds. The van der Waals surface area contributed by atoms with Crippen molar-refractivity contribution in [2.45, 2.75) is 18.9 Å². The van der Waals surface area contributed by atoms with Gasteiger partial charge >= 0.3 is 0 Å². The molecule has 0 aromatic heterocycles. The summed E-state index contributed by atoms with van der Waals surface area (Å²) < 4.78 is 5.59. The van der Waals surface area contributed by atoms with Gasteiger partial charge in [0.25, 0.3) is 0 Å². The predicted molar refractivity (Wildman–Crippen MR) is 72.4 cm³/mol. The third-order valence-corrected chi connectivity index (χ3v) is 2.82. The maximum Gasteiger partial charge on any atom is 0.189 e. The molecule has 0 aliphatic carbocycles. The van der Waals surface area contributed by atoms with E-state index in [0.29, 0.717) is 25.5 Å². The monoisotopic (exact) mass is 243 g/mol. The molecule has 2 rings (SSSR count). The van der Waals surface area contributed by atoms with Crippen LogP contribution in [-0.2, 0) is 0 Å². The van der Waals surface area contributed by atoms with E-state index in [4.69, 9.17) is 16.9 Å². The van der Waals surface area contributed by atoms with Gasteiger partial charge in [-0.2, -0.15) is 0 Å². The minimum Gasteiger partial charge on any atom is -0.493 e. The Kier molecular flexibility index (Phi) is 4.08. The van der Waals surface area contributed by atoms with Crippen molar-refractivity contribution in [1.29, 1.82) is 0 Å². The van der Waals surface area contributed by atoms with E-state index in [1.54, 1.807) is 0 Å². The second kappa shape index (κ2) is 5.97. The van der Waals surface area contributed by atoms with Crippen LogP contribution in [0.2, 0.25) is 0 Å². The molecule has 1 aliphatic rings. The first-order chi connectivity index (χ1) is 8.81. The molecule has 1 aromatic rings. The molecular weight excluding hydrogens is 226 g/mol. The van der Waals surface area contributed by atoms with E-state index in [9.17, 15) is 0 Å². The van der Waals surface area contributed by atoms with Gasteiger partial charge in [0.15, 0.2) is 5.96 Å². The minimum absolute atomic E-state index is 0.157. The summed E-state index contributed by atoms with van der Waals surface area (Å²) >= 11 is 0. The molecule has 0 saturated carbocycles. The average molecular weight is 243 g/mol. The summed E-state index contributed by atoms with van der Waals surface area (Å²) in [6.45, 7) is 1.24. The number of nitrogens with two attached hydrogens (primary N) is 1. The lowest BCUT2D eigenvalue weighted by Gasteiger charge is -2.26. The summed E-state index contributed by atoms with van der Waals surface area (Å²) in [7, 11) is 0. The number of ether oxygens (including phenoxy) is 1. The van der Waals surface area contributed by atoms with Crippen LogP contribution in [0.15, 0.2) is 29.3 Å². The Morgan fingerprint density at radius 3 is 3.22 bits per heavy atom. The molecule has 1 unspecified atom stereocenters. The van der Waals surface area contributed by atoms with E-state index < -0.39 is 0 Å². The van der Waals surface area contributed by atoms with Gasteiger partial charge in [-0.05, 0) is 6.07 Å². The smallest absolute Gasteiger partial charge is 0.189 e. The number of benzene rings is 1. The summed E-state index contributed by atoms with van der Waals surface area (Å²) in [6.07, 6.45) is 6.65. The molecule has 18 heavy (non-hydrogen) atoms. The molecule has 3 N–H and O–H groups in total. The van der Waals surface area contributed by atoms with Gasteiger partial charge in [-0.3, -0.25) is 4.99 Å². The molecule has 1 heterocycles. The Bertz CT molecular complexity index is 476. The third kappa shape index (κ3) is 2.95. The normalized spacial score (nSPS) is 18.4. The van der Waals surface area contributed by atoms with Crippen molar-refractivity contribution < 1.29 is 4.74 Å². The lowest BCUT2D eigenvalue weighted by atomic mass is 10.0. The number of terminal acetylenes is 1. The zero-order valence-corrected chi connectivity index (χ0v) is 10.2. The van der Waals surface area contributed by atoms with E-state index in [1.165, 1.54) is 0 Å². The van der Waals surface area contributed by atoms with Crippen molar-refractivity contribution in [3.63, 3.8) is 0 Å². The topological polar surface area (TPSA) is 59.6 Å². The number of para-hydroxylation sites is 1. The maximum atomic E-state index is 5.83. The van der Waals surface area contributed by atoms with Crippen LogP contribution in [0, 0.1) is 12.3 Å². The Morgan fingerprint density at radius 1 is 1.56 bits per heavy atom. The number of fused-ring (bicyclic) bond motifs is 1. The van der Waals surface area contributed by atoms with Crippen molar-refractivity contribution in [3.05, 3.63) is 29.8 Å². The SMILES string of the molecule is C#CCCN=C(N)NC1CCOc2ccccc21. The Morgan fingerprint density at radius 2 is 2.39 bits per heavy atom. The molecule has 0 fully saturated rings. The van der Waals surface area contributed by atoms with Crippen LogP contribution in [-0.4, -0.2) is 19.1 Å². The van der Waals surface area contributed by atoms with E-state index in [-0.39, 0.29) is 6.04 Å². The van der Waals surface area contributed by atoms with Crippen molar-refractivity contribution in [2.75, 3.05) is 13.2 Å². The van der Waals surface area contributed by atoms with Crippen LogP contribution in [0.25, 0.3) is 0 Å². The molecule has 4 nitrogen and oxygen atoms in total. The lowest BCUT2D eigenvalue weighted by Crippen LogP contribution is -2.37. The number of guanidine groups is 1. The van der Waals surface area contributed by atoms with Gasteiger partial charge in [0.2, 0.25) is 0 Å². The quantitative estimate of drug-likeness (QED) is 0.365. The Hall–Kier alpha value is -2.15. The van der Waals surface area contributed by atoms with Crippen molar-refractivity contribution in [2.24, 2.45) is 10.7 Å². The van der Waals surface area contributed by atoms with Gasteiger partial charge in [0, 0.05) is 18.4 Å². The van der Waals surface area contributed by atoms with Gasteiger partial charge in [-0.25, -0.2) is 0 Å². The summed E-state index contributed by atoms with van der Waals surface area (Å²) in [6, 6.07) is 8.12. The minimum atomic E-state index is 0.157. The van der Waals surface area contributed by atoms with Gasteiger partial charge in [0.1, 0.15) is 5.75 Å². The fourth-order valence-corrected chi connectivity index (χ4v) is 1.96. The molecule has 0 saturated heterocycles. The molecule has 94 valence electrons. The highest BCUT2D eigenvalue weighted by Gasteiger charge is 2.20. The van der Waals surface area contributed by atoms with Crippen LogP contribution >= 0.6 is 0 Å². The van der Waals surface area contributed by atoms with E-state index in [0.717, 1.165) is 17.7 Å². The summed E-state index contributed by atoms with van der Waals surface area (Å²) in [5, 5.41) is 3.21. The van der Waals surface area contributed by atoms with Gasteiger partial charge in [0.05, 0.1) is 19.2 Å². The molecule has 4 heteroatoms. The van der Waals surface area contributed by atoms with E-state index in [2.05, 4.69) is 16.2 Å². The molecule has 0 bridgehead atoms. The highest BCUT2D eigenvalue weighted by molar-refractivity contribution is 5.78. The van der Waals surface area contributed by atoms with Crippen LogP contribution in [0.1, 0.15) is 24.4 Å². The highest BCUT2D eigenvalue weighted by atomic mass is 16.5. The highest BCUT2D eigenvalue weighted by Crippen LogP contribution is 2.31. The van der Waals surface area contributed by atoms with Crippen LogP contribution in [0.5, 0.6) is 5.75 Å². The largest absolute Gasteiger partial charge is 0.493 e. The fourth-order valence-electron chi connectivity index (χ4n) is 1.96.